The lowest BCUT2D eigenvalue weighted by Gasteiger charge is -2.14. The van der Waals surface area contributed by atoms with Crippen molar-refractivity contribution in [1.82, 2.24) is 0 Å². The highest BCUT2D eigenvalue weighted by atomic mass is 35.5. The Morgan fingerprint density at radius 1 is 1.20 bits per heavy atom. The van der Waals surface area contributed by atoms with E-state index in [9.17, 15) is 0 Å². The van der Waals surface area contributed by atoms with E-state index in [1.54, 1.807) is 0 Å². The molecule has 1 aromatic carbocycles. The summed E-state index contributed by atoms with van der Waals surface area (Å²) in [4.78, 5) is 0. The first kappa shape index (κ1) is 14.3. The van der Waals surface area contributed by atoms with Gasteiger partial charge in [-0.3, -0.25) is 0 Å². The van der Waals surface area contributed by atoms with Crippen molar-refractivity contribution in [3.63, 3.8) is 0 Å². The van der Waals surface area contributed by atoms with Crippen molar-refractivity contribution in [3.05, 3.63) is 29.3 Å². The Balaban J connectivity index is 0.00000196. The van der Waals surface area contributed by atoms with E-state index < -0.39 is 0 Å². The van der Waals surface area contributed by atoms with Crippen molar-refractivity contribution in [2.24, 2.45) is 5.73 Å². The van der Waals surface area contributed by atoms with Crippen molar-refractivity contribution in [3.8, 4) is 5.75 Å². The maximum atomic E-state index is 5.83. The lowest BCUT2D eigenvalue weighted by molar-refractivity contribution is 0.242. The summed E-state index contributed by atoms with van der Waals surface area (Å²) in [7, 11) is 0. The second-order valence-electron chi connectivity index (χ2n) is 3.97. The largest absolute Gasteiger partial charge is 0.491 e. The molecule has 0 saturated carbocycles. The number of hydrogen-bond acceptors (Lipinski definition) is 2. The van der Waals surface area contributed by atoms with Crippen molar-refractivity contribution in [2.75, 3.05) is 0 Å². The van der Waals surface area contributed by atoms with Crippen LogP contribution < -0.4 is 10.5 Å². The summed E-state index contributed by atoms with van der Waals surface area (Å²) in [6.45, 7) is 8.10. The van der Waals surface area contributed by atoms with E-state index in [-0.39, 0.29) is 24.6 Å². The Hall–Kier alpha value is -0.730. The Labute approximate surface area is 98.2 Å². The first-order chi connectivity index (χ1) is 6.50. The van der Waals surface area contributed by atoms with Gasteiger partial charge in [-0.05, 0) is 51.0 Å². The van der Waals surface area contributed by atoms with Crippen LogP contribution in [-0.2, 0) is 0 Å². The van der Waals surface area contributed by atoms with Crippen molar-refractivity contribution < 1.29 is 4.74 Å². The predicted octanol–water partition coefficient (Wildman–Crippen LogP) is 3.22. The van der Waals surface area contributed by atoms with Crippen LogP contribution in [-0.4, -0.2) is 6.10 Å². The number of rotatable bonds is 3. The molecule has 0 aliphatic carbocycles. The summed E-state index contributed by atoms with van der Waals surface area (Å²) < 4.78 is 5.59. The van der Waals surface area contributed by atoms with Crippen LogP contribution in [0.4, 0.5) is 0 Å². The van der Waals surface area contributed by atoms with Gasteiger partial charge >= 0.3 is 0 Å². The van der Waals surface area contributed by atoms with Crippen molar-refractivity contribution in [2.45, 2.75) is 39.8 Å². The zero-order chi connectivity index (χ0) is 10.7. The van der Waals surface area contributed by atoms with Gasteiger partial charge in [-0.25, -0.2) is 0 Å². The average molecular weight is 230 g/mol. The molecule has 0 bridgehead atoms. The van der Waals surface area contributed by atoms with Crippen LogP contribution in [0.25, 0.3) is 0 Å². The standard InChI is InChI=1S/C12H19NO.ClH/c1-8(2)14-11-5-6-12(10(4)13)9(3)7-11;/h5-8,10H,13H2,1-4H3;1H. The third kappa shape index (κ3) is 4.10. The highest BCUT2D eigenvalue weighted by molar-refractivity contribution is 5.85. The van der Waals surface area contributed by atoms with Gasteiger partial charge in [0.15, 0.2) is 0 Å². The van der Waals surface area contributed by atoms with Gasteiger partial charge in [-0.2, -0.15) is 0 Å². The minimum Gasteiger partial charge on any atom is -0.491 e. The van der Waals surface area contributed by atoms with E-state index in [2.05, 4.69) is 6.92 Å². The summed E-state index contributed by atoms with van der Waals surface area (Å²) in [5, 5.41) is 0. The molecule has 15 heavy (non-hydrogen) atoms. The fourth-order valence-corrected chi connectivity index (χ4v) is 1.50. The molecule has 0 radical (unpaired) electrons. The Morgan fingerprint density at radius 2 is 1.80 bits per heavy atom. The van der Waals surface area contributed by atoms with E-state index in [0.717, 1.165) is 5.75 Å². The summed E-state index contributed by atoms with van der Waals surface area (Å²) in [5.41, 5.74) is 8.20. The van der Waals surface area contributed by atoms with Gasteiger partial charge in [-0.1, -0.05) is 6.07 Å². The number of ether oxygens (including phenoxy) is 1. The maximum Gasteiger partial charge on any atom is 0.119 e. The highest BCUT2D eigenvalue weighted by Crippen LogP contribution is 2.21. The zero-order valence-electron chi connectivity index (χ0n) is 9.78. The van der Waals surface area contributed by atoms with Crippen molar-refractivity contribution in [1.29, 1.82) is 0 Å². The molecule has 2 nitrogen and oxygen atoms in total. The topological polar surface area (TPSA) is 35.2 Å². The molecule has 0 fully saturated rings. The molecule has 1 unspecified atom stereocenters. The number of hydrogen-bond donors (Lipinski definition) is 1. The monoisotopic (exact) mass is 229 g/mol. The van der Waals surface area contributed by atoms with Crippen LogP contribution >= 0.6 is 12.4 Å². The summed E-state index contributed by atoms with van der Waals surface area (Å²) >= 11 is 0. The summed E-state index contributed by atoms with van der Waals surface area (Å²) in [6.07, 6.45) is 0.218. The minimum absolute atomic E-state index is 0. The summed E-state index contributed by atoms with van der Waals surface area (Å²) in [5.74, 6) is 0.918. The number of nitrogens with two attached hydrogens (primary N) is 1. The van der Waals surface area contributed by atoms with E-state index in [1.807, 2.05) is 39.0 Å². The molecule has 0 spiro atoms. The number of benzene rings is 1. The quantitative estimate of drug-likeness (QED) is 0.864. The lowest BCUT2D eigenvalue weighted by atomic mass is 10.0. The molecule has 0 aromatic heterocycles. The molecule has 1 atom stereocenters. The van der Waals surface area contributed by atoms with Gasteiger partial charge in [0.1, 0.15) is 5.75 Å². The van der Waals surface area contributed by atoms with Gasteiger partial charge in [0.05, 0.1) is 6.10 Å². The van der Waals surface area contributed by atoms with Gasteiger partial charge in [0.25, 0.3) is 0 Å². The SMILES string of the molecule is Cc1cc(OC(C)C)ccc1C(C)N.Cl. The molecule has 0 heterocycles. The molecule has 3 heteroatoms. The maximum absolute atomic E-state index is 5.83. The van der Waals surface area contributed by atoms with Gasteiger partial charge in [0.2, 0.25) is 0 Å². The van der Waals surface area contributed by atoms with E-state index in [1.165, 1.54) is 11.1 Å². The summed E-state index contributed by atoms with van der Waals surface area (Å²) in [6, 6.07) is 6.14. The molecule has 1 aromatic rings. The third-order valence-corrected chi connectivity index (χ3v) is 2.10. The number of halogens is 1. The van der Waals surface area contributed by atoms with Crippen LogP contribution in [0.3, 0.4) is 0 Å². The second kappa shape index (κ2) is 5.99. The molecular formula is C12H20ClNO. The normalized spacial score (nSPS) is 12.1. The predicted molar refractivity (Wildman–Crippen MR) is 66.8 cm³/mol. The Morgan fingerprint density at radius 3 is 2.20 bits per heavy atom. The lowest BCUT2D eigenvalue weighted by Crippen LogP contribution is -2.09. The van der Waals surface area contributed by atoms with E-state index in [0.29, 0.717) is 0 Å². The Kier molecular flexibility index (Phi) is 5.69. The molecule has 0 saturated heterocycles. The van der Waals surface area contributed by atoms with E-state index in [4.69, 9.17) is 10.5 Å². The van der Waals surface area contributed by atoms with Gasteiger partial charge in [-0.15, -0.1) is 12.4 Å². The molecule has 0 amide bonds. The van der Waals surface area contributed by atoms with E-state index >= 15 is 0 Å². The third-order valence-electron chi connectivity index (χ3n) is 2.10. The molecule has 86 valence electrons. The smallest absolute Gasteiger partial charge is 0.119 e. The minimum atomic E-state index is 0. The first-order valence-electron chi connectivity index (χ1n) is 5.03. The second-order valence-corrected chi connectivity index (χ2v) is 3.97. The van der Waals surface area contributed by atoms with Crippen molar-refractivity contribution >= 4 is 12.4 Å². The Bertz CT molecular complexity index is 310. The zero-order valence-corrected chi connectivity index (χ0v) is 10.6. The molecule has 0 aliphatic heterocycles. The first-order valence-corrected chi connectivity index (χ1v) is 5.03. The molecule has 1 rings (SSSR count). The van der Waals surface area contributed by atoms with Gasteiger partial charge < -0.3 is 10.5 Å². The van der Waals surface area contributed by atoms with Crippen LogP contribution in [0.15, 0.2) is 18.2 Å². The van der Waals surface area contributed by atoms with Gasteiger partial charge in [0, 0.05) is 6.04 Å². The molecule has 0 aliphatic rings. The van der Waals surface area contributed by atoms with Crippen LogP contribution in [0, 0.1) is 6.92 Å². The molecular weight excluding hydrogens is 210 g/mol. The average Bonchev–Trinajstić information content (AvgIpc) is 2.01. The number of aryl methyl sites for hydroxylation is 1. The van der Waals surface area contributed by atoms with Crippen LogP contribution in [0.2, 0.25) is 0 Å². The molecule has 2 N–H and O–H groups in total. The fourth-order valence-electron chi connectivity index (χ4n) is 1.50. The van der Waals surface area contributed by atoms with Crippen LogP contribution in [0.5, 0.6) is 5.75 Å². The van der Waals surface area contributed by atoms with Crippen LogP contribution in [0.1, 0.15) is 37.9 Å². The highest BCUT2D eigenvalue weighted by Gasteiger charge is 2.05. The fraction of sp³-hybridized carbons (Fsp3) is 0.500.